The molecule has 2 nitrogen and oxygen atoms in total. The number of ether oxygens (including phenoxy) is 1. The minimum atomic E-state index is 0.347. The average Bonchev–Trinajstić information content (AvgIpc) is 2.99. The van der Waals surface area contributed by atoms with Crippen molar-refractivity contribution < 1.29 is 9.84 Å². The zero-order chi connectivity index (χ0) is 14.7. The highest BCUT2D eigenvalue weighted by Gasteiger charge is 2.26. The van der Waals surface area contributed by atoms with E-state index in [2.05, 4.69) is 36.4 Å². The standard InChI is InChI=1S/C19H22O2/c1-2-21-19-11-7-15(8-12-19)17-4-3-16(13-17)14-5-9-18(20)10-6-14/h5-12,16-17,20H,2-4,13H2,1H3/t16-,17-/m0/s1. The van der Waals surface area contributed by atoms with Crippen LogP contribution >= 0.6 is 0 Å². The lowest BCUT2D eigenvalue weighted by atomic mass is 9.93. The van der Waals surface area contributed by atoms with Crippen molar-refractivity contribution in [3.8, 4) is 11.5 Å². The van der Waals surface area contributed by atoms with Crippen molar-refractivity contribution in [2.45, 2.75) is 38.0 Å². The van der Waals surface area contributed by atoms with Crippen LogP contribution in [0, 0.1) is 0 Å². The van der Waals surface area contributed by atoms with Crippen LogP contribution in [0.25, 0.3) is 0 Å². The summed E-state index contributed by atoms with van der Waals surface area (Å²) in [5.41, 5.74) is 2.76. The maximum Gasteiger partial charge on any atom is 0.119 e. The summed E-state index contributed by atoms with van der Waals surface area (Å²) in [6.07, 6.45) is 3.65. The van der Waals surface area contributed by atoms with Crippen LogP contribution in [-0.2, 0) is 0 Å². The van der Waals surface area contributed by atoms with Crippen molar-refractivity contribution >= 4 is 0 Å². The Kier molecular flexibility index (Phi) is 4.14. The normalized spacial score (nSPS) is 21.4. The van der Waals surface area contributed by atoms with E-state index < -0.39 is 0 Å². The summed E-state index contributed by atoms with van der Waals surface area (Å²) in [5.74, 6) is 2.55. The molecule has 0 saturated heterocycles. The van der Waals surface area contributed by atoms with Gasteiger partial charge in [0, 0.05) is 0 Å². The Hall–Kier alpha value is -1.96. The topological polar surface area (TPSA) is 29.5 Å². The highest BCUT2D eigenvalue weighted by molar-refractivity contribution is 5.33. The van der Waals surface area contributed by atoms with Crippen LogP contribution in [0.5, 0.6) is 11.5 Å². The molecule has 3 rings (SSSR count). The first-order valence-electron chi connectivity index (χ1n) is 7.78. The molecule has 0 radical (unpaired) electrons. The van der Waals surface area contributed by atoms with Gasteiger partial charge in [-0.3, -0.25) is 0 Å². The Balaban J connectivity index is 1.67. The Morgan fingerprint density at radius 1 is 0.905 bits per heavy atom. The average molecular weight is 282 g/mol. The molecule has 0 spiro atoms. The second-order valence-corrected chi connectivity index (χ2v) is 5.80. The predicted molar refractivity (Wildman–Crippen MR) is 85.1 cm³/mol. The van der Waals surface area contributed by atoms with Crippen molar-refractivity contribution in [1.29, 1.82) is 0 Å². The second kappa shape index (κ2) is 6.21. The Labute approximate surface area is 126 Å². The van der Waals surface area contributed by atoms with Gasteiger partial charge in [0.1, 0.15) is 11.5 Å². The van der Waals surface area contributed by atoms with Crippen LogP contribution in [0.3, 0.4) is 0 Å². The molecular weight excluding hydrogens is 260 g/mol. The fourth-order valence-electron chi connectivity index (χ4n) is 3.34. The molecule has 1 fully saturated rings. The van der Waals surface area contributed by atoms with Crippen molar-refractivity contribution in [2.75, 3.05) is 6.61 Å². The monoisotopic (exact) mass is 282 g/mol. The van der Waals surface area contributed by atoms with Crippen LogP contribution in [-0.4, -0.2) is 11.7 Å². The van der Waals surface area contributed by atoms with Gasteiger partial charge < -0.3 is 9.84 Å². The van der Waals surface area contributed by atoms with Gasteiger partial charge in [-0.1, -0.05) is 24.3 Å². The van der Waals surface area contributed by atoms with Crippen molar-refractivity contribution in [3.63, 3.8) is 0 Å². The van der Waals surface area contributed by atoms with Gasteiger partial charge in [0.15, 0.2) is 0 Å². The van der Waals surface area contributed by atoms with E-state index in [0.717, 1.165) is 5.75 Å². The Morgan fingerprint density at radius 3 is 1.95 bits per heavy atom. The van der Waals surface area contributed by atoms with Crippen molar-refractivity contribution in [3.05, 3.63) is 59.7 Å². The lowest BCUT2D eigenvalue weighted by Gasteiger charge is -2.13. The molecule has 1 aliphatic rings. The van der Waals surface area contributed by atoms with E-state index >= 15 is 0 Å². The molecule has 0 aromatic heterocycles. The zero-order valence-corrected chi connectivity index (χ0v) is 12.5. The largest absolute Gasteiger partial charge is 0.508 e. The van der Waals surface area contributed by atoms with Crippen LogP contribution in [0.2, 0.25) is 0 Å². The van der Waals surface area contributed by atoms with Crippen molar-refractivity contribution in [1.82, 2.24) is 0 Å². The van der Waals surface area contributed by atoms with E-state index in [-0.39, 0.29) is 0 Å². The van der Waals surface area contributed by atoms with Gasteiger partial charge in [0.2, 0.25) is 0 Å². The maximum atomic E-state index is 9.39. The molecule has 2 heteroatoms. The number of phenolic OH excluding ortho intramolecular Hbond substituents is 1. The number of hydrogen-bond acceptors (Lipinski definition) is 2. The molecular formula is C19H22O2. The summed E-state index contributed by atoms with van der Waals surface area (Å²) in [6.45, 7) is 2.72. The molecule has 2 aromatic rings. The fraction of sp³-hybridized carbons (Fsp3) is 0.368. The first-order chi connectivity index (χ1) is 10.3. The molecule has 0 unspecified atom stereocenters. The highest BCUT2D eigenvalue weighted by atomic mass is 16.5. The van der Waals surface area contributed by atoms with Gasteiger partial charge in [0.25, 0.3) is 0 Å². The SMILES string of the molecule is CCOc1ccc([C@H]2CC[C@H](c3ccc(O)cc3)C2)cc1. The Bertz CT molecular complexity index is 572. The molecule has 2 aromatic carbocycles. The second-order valence-electron chi connectivity index (χ2n) is 5.80. The first kappa shape index (κ1) is 14.0. The lowest BCUT2D eigenvalue weighted by molar-refractivity contribution is 0.340. The molecule has 1 aliphatic carbocycles. The van der Waals surface area contributed by atoms with E-state index in [4.69, 9.17) is 4.74 Å². The quantitative estimate of drug-likeness (QED) is 0.869. The minimum absolute atomic E-state index is 0.347. The molecule has 0 bridgehead atoms. The number of hydrogen-bond donors (Lipinski definition) is 1. The summed E-state index contributed by atoms with van der Waals surface area (Å²) in [6, 6.07) is 16.3. The van der Waals surface area contributed by atoms with Crippen LogP contribution in [0.4, 0.5) is 0 Å². The molecule has 2 atom stereocenters. The third kappa shape index (κ3) is 3.21. The van der Waals surface area contributed by atoms with E-state index in [1.807, 2.05) is 6.92 Å². The van der Waals surface area contributed by atoms with Gasteiger partial charge in [-0.2, -0.15) is 0 Å². The molecule has 0 heterocycles. The van der Waals surface area contributed by atoms with E-state index in [0.29, 0.717) is 24.2 Å². The number of benzene rings is 2. The van der Waals surface area contributed by atoms with Gasteiger partial charge in [0.05, 0.1) is 6.61 Å². The first-order valence-corrected chi connectivity index (χ1v) is 7.78. The highest BCUT2D eigenvalue weighted by Crippen LogP contribution is 2.43. The Morgan fingerprint density at radius 2 is 1.43 bits per heavy atom. The van der Waals surface area contributed by atoms with Gasteiger partial charge in [-0.05, 0) is 73.4 Å². The summed E-state index contributed by atoms with van der Waals surface area (Å²) in [4.78, 5) is 0. The third-order valence-electron chi connectivity index (χ3n) is 4.46. The number of rotatable bonds is 4. The zero-order valence-electron chi connectivity index (χ0n) is 12.5. The number of phenols is 1. The minimum Gasteiger partial charge on any atom is -0.508 e. The van der Waals surface area contributed by atoms with Gasteiger partial charge in [-0.25, -0.2) is 0 Å². The summed E-state index contributed by atoms with van der Waals surface area (Å²) in [7, 11) is 0. The fourth-order valence-corrected chi connectivity index (χ4v) is 3.34. The smallest absolute Gasteiger partial charge is 0.119 e. The molecule has 1 N–H and O–H groups in total. The summed E-state index contributed by atoms with van der Waals surface area (Å²) >= 11 is 0. The van der Waals surface area contributed by atoms with Gasteiger partial charge in [-0.15, -0.1) is 0 Å². The number of aromatic hydroxyl groups is 1. The summed E-state index contributed by atoms with van der Waals surface area (Å²) < 4.78 is 5.50. The van der Waals surface area contributed by atoms with E-state index in [1.165, 1.54) is 30.4 Å². The summed E-state index contributed by atoms with van der Waals surface area (Å²) in [5, 5.41) is 9.39. The molecule has 21 heavy (non-hydrogen) atoms. The van der Waals surface area contributed by atoms with Gasteiger partial charge >= 0.3 is 0 Å². The van der Waals surface area contributed by atoms with Crippen LogP contribution in [0.1, 0.15) is 49.1 Å². The maximum absolute atomic E-state index is 9.39. The predicted octanol–water partition coefficient (Wildman–Crippen LogP) is 4.84. The van der Waals surface area contributed by atoms with Crippen molar-refractivity contribution in [2.24, 2.45) is 0 Å². The molecule has 110 valence electrons. The third-order valence-corrected chi connectivity index (χ3v) is 4.46. The molecule has 0 aliphatic heterocycles. The van der Waals surface area contributed by atoms with E-state index in [9.17, 15) is 5.11 Å². The molecule has 1 saturated carbocycles. The van der Waals surface area contributed by atoms with E-state index in [1.54, 1.807) is 12.1 Å². The van der Waals surface area contributed by atoms with Crippen LogP contribution < -0.4 is 4.74 Å². The van der Waals surface area contributed by atoms with Crippen LogP contribution in [0.15, 0.2) is 48.5 Å². The lowest BCUT2D eigenvalue weighted by Crippen LogP contribution is -1.96. The molecule has 0 amide bonds.